The van der Waals surface area contributed by atoms with Crippen LogP contribution in [0.2, 0.25) is 0 Å². The van der Waals surface area contributed by atoms with Gasteiger partial charge in [0.15, 0.2) is 11.5 Å². The number of fused-ring (bicyclic) bond motifs is 5. The lowest BCUT2D eigenvalue weighted by atomic mass is 9.53. The quantitative estimate of drug-likeness (QED) is 0.331. The zero-order valence-electron chi connectivity index (χ0n) is 20.0. The Hall–Kier alpha value is -2.48. The summed E-state index contributed by atoms with van der Waals surface area (Å²) in [5.41, 5.74) is 1.89. The minimum Gasteiger partial charge on any atom is -0.504 e. The van der Waals surface area contributed by atoms with E-state index in [1.54, 1.807) is 0 Å². The molecule has 5 rings (SSSR count). The van der Waals surface area contributed by atoms with E-state index >= 15 is 0 Å². The summed E-state index contributed by atoms with van der Waals surface area (Å²) in [6.45, 7) is 7.35. The van der Waals surface area contributed by atoms with Gasteiger partial charge in [0, 0.05) is 10.9 Å². The molecule has 1 aromatic heterocycles. The highest BCUT2D eigenvalue weighted by molar-refractivity contribution is 6.63. The van der Waals surface area contributed by atoms with Gasteiger partial charge in [-0.3, -0.25) is 0 Å². The van der Waals surface area contributed by atoms with E-state index in [4.69, 9.17) is 9.15 Å². The fourth-order valence-electron chi connectivity index (χ4n) is 6.82. The minimum atomic E-state index is -1.99. The maximum Gasteiger partial charge on any atom is 0.496 e. The van der Waals surface area contributed by atoms with E-state index < -0.39 is 12.9 Å². The summed E-state index contributed by atoms with van der Waals surface area (Å²) in [6, 6.07) is 11.5. The first-order valence-corrected chi connectivity index (χ1v) is 12.2. The van der Waals surface area contributed by atoms with Gasteiger partial charge in [-0.25, -0.2) is 0 Å². The Morgan fingerprint density at radius 1 is 1.06 bits per heavy atom. The molecule has 0 amide bonds. The maximum absolute atomic E-state index is 10.5. The highest BCUT2D eigenvalue weighted by Gasteiger charge is 2.52. The molecule has 3 aromatic rings. The SMILES string of the molecule is CC1(C)CCC[C@@]2(C)c3c(oc4c(B(O)O)c(O)c(O)cc34)C(OCc3ccccc3)CC[C@H]12. The van der Waals surface area contributed by atoms with Crippen LogP contribution in [-0.2, 0) is 16.8 Å². The predicted octanol–water partition coefficient (Wildman–Crippen LogP) is 4.66. The Morgan fingerprint density at radius 2 is 1.79 bits per heavy atom. The van der Waals surface area contributed by atoms with Gasteiger partial charge < -0.3 is 29.4 Å². The second-order valence-corrected chi connectivity index (χ2v) is 10.9. The molecule has 1 unspecified atom stereocenters. The molecule has 0 saturated heterocycles. The monoisotopic (exact) mass is 464 g/mol. The van der Waals surface area contributed by atoms with E-state index in [-0.39, 0.29) is 33.7 Å². The molecular weight excluding hydrogens is 431 g/mol. The topological polar surface area (TPSA) is 103 Å². The number of aromatic hydroxyl groups is 2. The molecule has 0 radical (unpaired) electrons. The molecule has 0 aliphatic heterocycles. The van der Waals surface area contributed by atoms with Gasteiger partial charge in [0.1, 0.15) is 17.4 Å². The molecule has 0 bridgehead atoms. The summed E-state index contributed by atoms with van der Waals surface area (Å²) in [6.07, 6.45) is 4.61. The van der Waals surface area contributed by atoms with Crippen LogP contribution in [0.15, 0.2) is 40.8 Å². The summed E-state index contributed by atoms with van der Waals surface area (Å²) < 4.78 is 12.8. The number of rotatable bonds is 4. The van der Waals surface area contributed by atoms with E-state index in [1.807, 2.05) is 30.3 Å². The third-order valence-electron chi connectivity index (χ3n) is 8.36. The summed E-state index contributed by atoms with van der Waals surface area (Å²) in [7, 11) is -1.99. The summed E-state index contributed by atoms with van der Waals surface area (Å²) in [5, 5.41) is 41.6. The van der Waals surface area contributed by atoms with Crippen LogP contribution in [0.3, 0.4) is 0 Å². The van der Waals surface area contributed by atoms with Gasteiger partial charge in [-0.2, -0.15) is 0 Å². The lowest BCUT2D eigenvalue weighted by Gasteiger charge is -2.50. The van der Waals surface area contributed by atoms with Crippen molar-refractivity contribution in [1.29, 1.82) is 0 Å². The van der Waals surface area contributed by atoms with Crippen LogP contribution in [0.1, 0.15) is 75.9 Å². The summed E-state index contributed by atoms with van der Waals surface area (Å²) in [4.78, 5) is 0. The first kappa shape index (κ1) is 23.3. The average molecular weight is 464 g/mol. The lowest BCUT2D eigenvalue weighted by Crippen LogP contribution is -2.44. The van der Waals surface area contributed by atoms with Gasteiger partial charge >= 0.3 is 7.12 Å². The van der Waals surface area contributed by atoms with Crippen molar-refractivity contribution in [3.05, 3.63) is 53.3 Å². The molecule has 7 heteroatoms. The van der Waals surface area contributed by atoms with Crippen LogP contribution >= 0.6 is 0 Å². The van der Waals surface area contributed by atoms with Crippen molar-refractivity contribution in [2.24, 2.45) is 11.3 Å². The van der Waals surface area contributed by atoms with E-state index in [0.29, 0.717) is 23.7 Å². The van der Waals surface area contributed by atoms with Crippen LogP contribution in [0.5, 0.6) is 11.5 Å². The van der Waals surface area contributed by atoms with Gasteiger partial charge in [-0.1, -0.05) is 57.5 Å². The van der Waals surface area contributed by atoms with Crippen LogP contribution < -0.4 is 5.46 Å². The van der Waals surface area contributed by atoms with E-state index in [9.17, 15) is 20.3 Å². The van der Waals surface area contributed by atoms with Crippen molar-refractivity contribution >= 4 is 23.6 Å². The van der Waals surface area contributed by atoms with Crippen molar-refractivity contribution in [1.82, 2.24) is 0 Å². The van der Waals surface area contributed by atoms with Crippen molar-refractivity contribution in [2.75, 3.05) is 0 Å². The van der Waals surface area contributed by atoms with Crippen molar-refractivity contribution < 1.29 is 29.4 Å². The predicted molar refractivity (Wildman–Crippen MR) is 131 cm³/mol. The zero-order chi connectivity index (χ0) is 24.3. The second kappa shape index (κ2) is 8.33. The van der Waals surface area contributed by atoms with Crippen LogP contribution in [0.4, 0.5) is 0 Å². The number of phenolic OH excluding ortho intramolecular Hbond substituents is 2. The second-order valence-electron chi connectivity index (χ2n) is 10.9. The molecule has 1 saturated carbocycles. The van der Waals surface area contributed by atoms with Crippen molar-refractivity contribution in [2.45, 2.75) is 71.0 Å². The Kier molecular flexibility index (Phi) is 5.70. The molecule has 0 spiro atoms. The highest BCUT2D eigenvalue weighted by atomic mass is 16.5. The fourth-order valence-corrected chi connectivity index (χ4v) is 6.82. The molecule has 2 aliphatic carbocycles. The van der Waals surface area contributed by atoms with E-state index in [0.717, 1.165) is 43.2 Å². The standard InChI is InChI=1S/C27H33BO6/c1-26(2)12-7-13-27(3)20(26)11-10-19(33-15-16-8-5-4-6-9-16)25-21(27)17-14-18(29)23(30)22(28(31)32)24(17)34-25/h4-6,8-9,14,19-20,29-32H,7,10-13,15H2,1-3H3/t19?,20-,27-/m1/s1. The smallest absolute Gasteiger partial charge is 0.496 e. The molecule has 34 heavy (non-hydrogen) atoms. The molecule has 2 aliphatic rings. The van der Waals surface area contributed by atoms with Gasteiger partial charge in [-0.05, 0) is 54.1 Å². The zero-order valence-corrected chi connectivity index (χ0v) is 20.0. The maximum atomic E-state index is 10.5. The number of ether oxygens (including phenoxy) is 1. The first-order chi connectivity index (χ1) is 16.1. The minimum absolute atomic E-state index is 0.112. The number of phenols is 2. The Balaban J connectivity index is 1.72. The van der Waals surface area contributed by atoms with Gasteiger partial charge in [0.2, 0.25) is 0 Å². The number of hydrogen-bond donors (Lipinski definition) is 4. The number of hydrogen-bond acceptors (Lipinski definition) is 6. The van der Waals surface area contributed by atoms with Crippen molar-refractivity contribution in [3.63, 3.8) is 0 Å². The average Bonchev–Trinajstić information content (AvgIpc) is 3.09. The Labute approximate surface area is 200 Å². The Morgan fingerprint density at radius 3 is 2.50 bits per heavy atom. The third kappa shape index (κ3) is 3.61. The molecule has 1 fully saturated rings. The van der Waals surface area contributed by atoms with Gasteiger partial charge in [0.25, 0.3) is 0 Å². The highest BCUT2D eigenvalue weighted by Crippen LogP contribution is 2.60. The van der Waals surface area contributed by atoms with Gasteiger partial charge in [0.05, 0.1) is 12.1 Å². The third-order valence-corrected chi connectivity index (χ3v) is 8.36. The normalized spacial score (nSPS) is 26.0. The fraction of sp³-hybridized carbons (Fsp3) is 0.481. The van der Waals surface area contributed by atoms with E-state index in [2.05, 4.69) is 20.8 Å². The van der Waals surface area contributed by atoms with Gasteiger partial charge in [-0.15, -0.1) is 0 Å². The Bertz CT molecular complexity index is 1200. The number of benzene rings is 2. The first-order valence-electron chi connectivity index (χ1n) is 12.2. The molecule has 3 atom stereocenters. The van der Waals surface area contributed by atoms with Crippen molar-refractivity contribution in [3.8, 4) is 11.5 Å². The lowest BCUT2D eigenvalue weighted by molar-refractivity contribution is 0.00844. The molecule has 4 N–H and O–H groups in total. The van der Waals surface area contributed by atoms with Crippen LogP contribution in [0, 0.1) is 11.3 Å². The molecule has 1 heterocycles. The number of furan rings is 1. The molecule has 180 valence electrons. The van der Waals surface area contributed by atoms with E-state index in [1.165, 1.54) is 6.07 Å². The summed E-state index contributed by atoms with van der Waals surface area (Å²) >= 11 is 0. The summed E-state index contributed by atoms with van der Waals surface area (Å²) in [5.74, 6) is 0.0665. The molecular formula is C27H33BO6. The molecule has 6 nitrogen and oxygen atoms in total. The van der Waals surface area contributed by atoms with Crippen LogP contribution in [0.25, 0.3) is 11.0 Å². The molecule has 2 aromatic carbocycles. The largest absolute Gasteiger partial charge is 0.504 e. The van der Waals surface area contributed by atoms with Crippen LogP contribution in [-0.4, -0.2) is 27.4 Å².